The van der Waals surface area contributed by atoms with Gasteiger partial charge in [0, 0.05) is 50.2 Å². The van der Waals surface area contributed by atoms with E-state index in [0.717, 1.165) is 39.7 Å². The maximum absolute atomic E-state index is 5.09. The fraction of sp³-hybridized carbons (Fsp3) is 0.0233. The maximum atomic E-state index is 5.09. The summed E-state index contributed by atoms with van der Waals surface area (Å²) in [5.41, 5.74) is 8.95. The summed E-state index contributed by atoms with van der Waals surface area (Å²) >= 11 is 0. The van der Waals surface area contributed by atoms with Gasteiger partial charge in [0.2, 0.25) is 0 Å². The van der Waals surface area contributed by atoms with Crippen molar-refractivity contribution in [2.24, 2.45) is 9.98 Å². The Morgan fingerprint density at radius 3 is 1.92 bits per heavy atom. The molecule has 0 amide bonds. The van der Waals surface area contributed by atoms with Gasteiger partial charge in [-0.2, -0.15) is 0 Å². The van der Waals surface area contributed by atoms with E-state index in [4.69, 9.17) is 9.98 Å². The van der Waals surface area contributed by atoms with E-state index in [1.807, 2.05) is 24.3 Å². The lowest BCUT2D eigenvalue weighted by atomic mass is 9.98. The molecule has 5 nitrogen and oxygen atoms in total. The van der Waals surface area contributed by atoms with E-state index in [2.05, 4.69) is 154 Å². The molecule has 7 aromatic carbocycles. The third-order valence-electron chi connectivity index (χ3n) is 9.55. The van der Waals surface area contributed by atoms with Crippen molar-refractivity contribution >= 4 is 55.2 Å². The molecule has 1 unspecified atom stereocenters. The zero-order valence-corrected chi connectivity index (χ0v) is 26.0. The monoisotopic (exact) mass is 615 g/mol. The molecule has 10 rings (SSSR count). The van der Waals surface area contributed by atoms with Gasteiger partial charge in [-0.05, 0) is 53.4 Å². The molecule has 0 saturated carbocycles. The summed E-state index contributed by atoms with van der Waals surface area (Å²) < 4.78 is 4.73. The van der Waals surface area contributed by atoms with Crippen molar-refractivity contribution in [3.8, 4) is 11.4 Å². The Morgan fingerprint density at radius 1 is 0.521 bits per heavy atom. The highest BCUT2D eigenvalue weighted by atomic mass is 15.2. The summed E-state index contributed by atoms with van der Waals surface area (Å²) in [6.45, 7) is 0. The Labute approximate surface area is 277 Å². The van der Waals surface area contributed by atoms with Crippen molar-refractivity contribution in [1.82, 2.24) is 14.5 Å². The summed E-state index contributed by atoms with van der Waals surface area (Å²) in [6, 6.07) is 55.6. The predicted molar refractivity (Wildman–Crippen MR) is 198 cm³/mol. The van der Waals surface area contributed by atoms with Crippen LogP contribution in [0.4, 0.5) is 0 Å². The molecule has 9 aromatic rings. The first kappa shape index (κ1) is 26.7. The number of fused-ring (bicyclic) bond motifs is 3. The topological polar surface area (TPSA) is 46.6 Å². The molecule has 0 radical (unpaired) electrons. The molecule has 1 atom stereocenters. The van der Waals surface area contributed by atoms with Gasteiger partial charge in [-0.1, -0.05) is 115 Å². The van der Waals surface area contributed by atoms with Crippen molar-refractivity contribution in [1.29, 1.82) is 0 Å². The molecule has 0 bridgehead atoms. The lowest BCUT2D eigenvalue weighted by Gasteiger charge is -2.24. The van der Waals surface area contributed by atoms with E-state index >= 15 is 0 Å². The third-order valence-corrected chi connectivity index (χ3v) is 9.55. The highest BCUT2D eigenvalue weighted by Crippen LogP contribution is 2.44. The third kappa shape index (κ3) is 4.04. The molecule has 1 aliphatic rings. The van der Waals surface area contributed by atoms with Gasteiger partial charge < -0.3 is 14.5 Å². The first-order chi connectivity index (χ1) is 23.8. The highest BCUT2D eigenvalue weighted by molar-refractivity contribution is 6.34. The summed E-state index contributed by atoms with van der Waals surface area (Å²) in [4.78, 5) is 10.1. The largest absolute Gasteiger partial charge is 0.344 e. The van der Waals surface area contributed by atoms with Gasteiger partial charge in [0.05, 0.1) is 16.6 Å². The molecule has 48 heavy (non-hydrogen) atoms. The molecule has 0 saturated heterocycles. The molecular weight excluding hydrogens is 587 g/mol. The Hall–Kier alpha value is -6.46. The van der Waals surface area contributed by atoms with E-state index in [9.17, 15) is 0 Å². The van der Waals surface area contributed by atoms with Gasteiger partial charge in [-0.15, -0.1) is 0 Å². The fourth-order valence-electron chi connectivity index (χ4n) is 7.45. The van der Waals surface area contributed by atoms with Crippen LogP contribution in [0.25, 0.3) is 54.9 Å². The number of rotatable bonds is 5. The second kappa shape index (κ2) is 10.5. The molecule has 0 aliphatic carbocycles. The molecule has 1 N–H and O–H groups in total. The molecule has 1 aliphatic heterocycles. The van der Waals surface area contributed by atoms with Crippen molar-refractivity contribution in [2.45, 2.75) is 6.17 Å². The number of hydrogen-bond donors (Lipinski definition) is 1. The SMILES string of the molecule is c1ccc(C2=NC(c3ccccc3)NC(c3cccc(-n4c5cccc6c7ccn(-c8ccccc8)c7c7cccc4c7c65)c3)=N2)cc1. The first-order valence-corrected chi connectivity index (χ1v) is 16.3. The van der Waals surface area contributed by atoms with Gasteiger partial charge in [0.1, 0.15) is 12.0 Å². The minimum absolute atomic E-state index is 0.251. The average Bonchev–Trinajstić information content (AvgIpc) is 3.77. The Morgan fingerprint density at radius 2 is 1.15 bits per heavy atom. The minimum atomic E-state index is -0.251. The molecule has 0 fully saturated rings. The molecular formula is C43H29N5. The summed E-state index contributed by atoms with van der Waals surface area (Å²) in [7, 11) is 0. The highest BCUT2D eigenvalue weighted by Gasteiger charge is 2.24. The van der Waals surface area contributed by atoms with E-state index in [1.165, 1.54) is 43.5 Å². The fourth-order valence-corrected chi connectivity index (χ4v) is 7.45. The van der Waals surface area contributed by atoms with Crippen LogP contribution in [0.3, 0.4) is 0 Å². The summed E-state index contributed by atoms with van der Waals surface area (Å²) in [5.74, 6) is 1.52. The standard InChI is InChI=1S/C43H29N5/c1-4-13-28(14-5-1)41-44-42(29-15-6-2-7-16-29)46-43(45-41)30-17-10-20-32(27-30)48-36-23-11-21-33-34-25-26-47(31-18-8-3-9-19-31)40(34)35-22-12-24-37(48)39(35)38(33)36/h1-27,41H,(H,44,45,46). The van der Waals surface area contributed by atoms with Crippen molar-refractivity contribution in [2.75, 3.05) is 0 Å². The first-order valence-electron chi connectivity index (χ1n) is 16.3. The molecule has 5 heteroatoms. The van der Waals surface area contributed by atoms with Crippen LogP contribution in [0.1, 0.15) is 22.9 Å². The van der Waals surface area contributed by atoms with Crippen molar-refractivity contribution in [3.63, 3.8) is 0 Å². The zero-order valence-electron chi connectivity index (χ0n) is 26.0. The van der Waals surface area contributed by atoms with Crippen LogP contribution >= 0.6 is 0 Å². The van der Waals surface area contributed by atoms with Gasteiger partial charge in [-0.25, -0.2) is 9.98 Å². The van der Waals surface area contributed by atoms with Crippen LogP contribution in [0.2, 0.25) is 0 Å². The minimum Gasteiger partial charge on any atom is -0.344 e. The Balaban J connectivity index is 1.17. The van der Waals surface area contributed by atoms with Crippen LogP contribution in [0, 0.1) is 0 Å². The number of nitrogens with zero attached hydrogens (tertiary/aromatic N) is 4. The second-order valence-electron chi connectivity index (χ2n) is 12.3. The average molecular weight is 616 g/mol. The Kier molecular flexibility index (Phi) is 5.87. The van der Waals surface area contributed by atoms with Gasteiger partial charge >= 0.3 is 0 Å². The normalized spacial score (nSPS) is 14.9. The van der Waals surface area contributed by atoms with Crippen molar-refractivity contribution in [3.05, 3.63) is 181 Å². The van der Waals surface area contributed by atoms with Gasteiger partial charge in [0.25, 0.3) is 0 Å². The number of amidine groups is 2. The van der Waals surface area contributed by atoms with Gasteiger partial charge in [-0.3, -0.25) is 0 Å². The van der Waals surface area contributed by atoms with Crippen LogP contribution in [0.5, 0.6) is 0 Å². The number of para-hydroxylation sites is 1. The lowest BCUT2D eigenvalue weighted by molar-refractivity contribution is 0.674. The second-order valence-corrected chi connectivity index (χ2v) is 12.3. The maximum Gasteiger partial charge on any atom is 0.159 e. The molecule has 2 aromatic heterocycles. The lowest BCUT2D eigenvalue weighted by Crippen LogP contribution is -2.33. The number of nitrogens with one attached hydrogen (secondary N) is 1. The molecule has 3 heterocycles. The van der Waals surface area contributed by atoms with Crippen molar-refractivity contribution < 1.29 is 0 Å². The summed E-state index contributed by atoms with van der Waals surface area (Å²) in [5, 5.41) is 10.0. The predicted octanol–water partition coefficient (Wildman–Crippen LogP) is 9.81. The van der Waals surface area contributed by atoms with Crippen LogP contribution in [-0.2, 0) is 0 Å². The number of aliphatic imine (C=N–C) groups is 2. The summed E-state index contributed by atoms with van der Waals surface area (Å²) in [6.07, 6.45) is 1.95. The van der Waals surface area contributed by atoms with E-state index in [-0.39, 0.29) is 6.17 Å². The Bertz CT molecular complexity index is 2680. The van der Waals surface area contributed by atoms with Crippen LogP contribution in [-0.4, -0.2) is 20.8 Å². The van der Waals surface area contributed by atoms with Gasteiger partial charge in [0.15, 0.2) is 5.84 Å². The number of hydrogen-bond acceptors (Lipinski definition) is 3. The van der Waals surface area contributed by atoms with E-state index < -0.39 is 0 Å². The van der Waals surface area contributed by atoms with Crippen LogP contribution in [0.15, 0.2) is 174 Å². The van der Waals surface area contributed by atoms with Crippen LogP contribution < -0.4 is 5.32 Å². The molecule has 0 spiro atoms. The quantitative estimate of drug-likeness (QED) is 0.193. The smallest absolute Gasteiger partial charge is 0.159 e. The number of aromatic nitrogens is 2. The molecule has 226 valence electrons. The van der Waals surface area contributed by atoms with E-state index in [1.54, 1.807) is 0 Å². The number of benzene rings is 7. The van der Waals surface area contributed by atoms with E-state index in [0.29, 0.717) is 0 Å². The zero-order chi connectivity index (χ0) is 31.6.